The molecule has 0 heterocycles. The fraction of sp³-hybridized carbons (Fsp3) is 1.00. The molecule has 1 nitrogen and oxygen atoms in total. The van der Waals surface area contributed by atoms with Gasteiger partial charge in [0.25, 0.3) is 0 Å². The molecule has 1 heteroatoms. The van der Waals surface area contributed by atoms with Gasteiger partial charge in [-0.05, 0) is 39.5 Å². The van der Waals surface area contributed by atoms with Crippen LogP contribution in [0.1, 0.15) is 104 Å². The van der Waals surface area contributed by atoms with Crippen LogP contribution in [-0.2, 0) is 4.74 Å². The van der Waals surface area contributed by atoms with Crippen LogP contribution in [0.2, 0.25) is 0 Å². The summed E-state index contributed by atoms with van der Waals surface area (Å²) in [7, 11) is 0. The molecule has 0 aromatic carbocycles. The van der Waals surface area contributed by atoms with Gasteiger partial charge in [-0.15, -0.1) is 0 Å². The van der Waals surface area contributed by atoms with Crippen LogP contribution in [0.5, 0.6) is 0 Å². The zero-order valence-electron chi connectivity index (χ0n) is 13.3. The first-order valence-electron chi connectivity index (χ1n) is 8.82. The highest BCUT2D eigenvalue weighted by atomic mass is 16.5. The van der Waals surface area contributed by atoms with Gasteiger partial charge in [-0.3, -0.25) is 0 Å². The van der Waals surface area contributed by atoms with Crippen molar-refractivity contribution in [3.8, 4) is 0 Å². The van der Waals surface area contributed by atoms with Gasteiger partial charge in [0.15, 0.2) is 0 Å². The standard InChI is InChI=1S/C18H34O/c1-17(13-9-5-3-6-10-14-17)19-18(2)15-11-7-4-8-12-16-18/h3-16H2,1-2H3. The molecule has 112 valence electrons. The lowest BCUT2D eigenvalue weighted by Crippen LogP contribution is -2.42. The Balaban J connectivity index is 1.94. The Morgan fingerprint density at radius 2 is 0.737 bits per heavy atom. The van der Waals surface area contributed by atoms with E-state index in [-0.39, 0.29) is 11.2 Å². The number of rotatable bonds is 2. The number of ether oxygens (including phenoxy) is 1. The van der Waals surface area contributed by atoms with Crippen molar-refractivity contribution in [2.24, 2.45) is 0 Å². The quantitative estimate of drug-likeness (QED) is 0.595. The van der Waals surface area contributed by atoms with Gasteiger partial charge in [0, 0.05) is 0 Å². The van der Waals surface area contributed by atoms with Crippen molar-refractivity contribution in [3.63, 3.8) is 0 Å². The van der Waals surface area contributed by atoms with E-state index in [1.807, 2.05) is 0 Å². The van der Waals surface area contributed by atoms with Gasteiger partial charge in [-0.2, -0.15) is 0 Å². The predicted octanol–water partition coefficient (Wildman–Crippen LogP) is 6.01. The first-order chi connectivity index (χ1) is 9.12. The van der Waals surface area contributed by atoms with Crippen LogP contribution in [-0.4, -0.2) is 11.2 Å². The highest BCUT2D eigenvalue weighted by Crippen LogP contribution is 2.38. The van der Waals surface area contributed by atoms with Crippen molar-refractivity contribution in [1.82, 2.24) is 0 Å². The first-order valence-corrected chi connectivity index (χ1v) is 8.82. The molecule has 0 bridgehead atoms. The summed E-state index contributed by atoms with van der Waals surface area (Å²) in [6.07, 6.45) is 19.1. The summed E-state index contributed by atoms with van der Waals surface area (Å²) in [5.41, 5.74) is 0.322. The molecule has 2 rings (SSSR count). The Hall–Kier alpha value is -0.0400. The van der Waals surface area contributed by atoms with Crippen molar-refractivity contribution in [1.29, 1.82) is 0 Å². The fourth-order valence-electron chi connectivity index (χ4n) is 4.11. The summed E-state index contributed by atoms with van der Waals surface area (Å²) < 4.78 is 6.78. The van der Waals surface area contributed by atoms with Crippen molar-refractivity contribution in [2.45, 2.75) is 115 Å². The second kappa shape index (κ2) is 7.11. The third kappa shape index (κ3) is 5.10. The molecule has 2 fully saturated rings. The molecule has 0 aliphatic heterocycles. The van der Waals surface area contributed by atoms with E-state index in [1.165, 1.54) is 89.9 Å². The lowest BCUT2D eigenvalue weighted by molar-refractivity contribution is -0.159. The van der Waals surface area contributed by atoms with Crippen molar-refractivity contribution in [2.75, 3.05) is 0 Å². The molecule has 0 aromatic rings. The average Bonchev–Trinajstić information content (AvgIpc) is 2.31. The van der Waals surface area contributed by atoms with Crippen LogP contribution in [0.3, 0.4) is 0 Å². The van der Waals surface area contributed by atoms with E-state index >= 15 is 0 Å². The normalized spacial score (nSPS) is 28.7. The monoisotopic (exact) mass is 266 g/mol. The molecule has 0 atom stereocenters. The molecule has 0 amide bonds. The smallest absolute Gasteiger partial charge is 0.0662 e. The maximum atomic E-state index is 6.78. The Kier molecular flexibility index (Phi) is 5.74. The summed E-state index contributed by atoms with van der Waals surface area (Å²) in [6.45, 7) is 4.78. The molecule has 0 aromatic heterocycles. The summed E-state index contributed by atoms with van der Waals surface area (Å²) in [5, 5.41) is 0. The molecule has 19 heavy (non-hydrogen) atoms. The van der Waals surface area contributed by atoms with Crippen molar-refractivity contribution >= 4 is 0 Å². The van der Waals surface area contributed by atoms with Crippen LogP contribution >= 0.6 is 0 Å². The van der Waals surface area contributed by atoms with Gasteiger partial charge in [-0.1, -0.05) is 64.2 Å². The number of hydrogen-bond acceptors (Lipinski definition) is 1. The minimum atomic E-state index is 0.161. The highest BCUT2D eigenvalue weighted by molar-refractivity contribution is 4.85. The second-order valence-corrected chi connectivity index (χ2v) is 7.54. The lowest BCUT2D eigenvalue weighted by atomic mass is 9.84. The molecule has 0 radical (unpaired) electrons. The maximum Gasteiger partial charge on any atom is 0.0662 e. The van der Waals surface area contributed by atoms with Gasteiger partial charge >= 0.3 is 0 Å². The van der Waals surface area contributed by atoms with E-state index < -0.39 is 0 Å². The molecule has 0 unspecified atom stereocenters. The molecule has 2 saturated carbocycles. The first kappa shape index (κ1) is 15.4. The van der Waals surface area contributed by atoms with Gasteiger partial charge in [0.1, 0.15) is 0 Å². The topological polar surface area (TPSA) is 9.23 Å². The van der Waals surface area contributed by atoms with Crippen LogP contribution in [0, 0.1) is 0 Å². The minimum Gasteiger partial charge on any atom is -0.369 e. The highest BCUT2D eigenvalue weighted by Gasteiger charge is 2.35. The van der Waals surface area contributed by atoms with E-state index in [4.69, 9.17) is 4.74 Å². The zero-order valence-corrected chi connectivity index (χ0v) is 13.3. The van der Waals surface area contributed by atoms with Crippen LogP contribution < -0.4 is 0 Å². The summed E-state index contributed by atoms with van der Waals surface area (Å²) in [5.74, 6) is 0. The average molecular weight is 266 g/mol. The third-order valence-corrected chi connectivity index (χ3v) is 5.32. The van der Waals surface area contributed by atoms with Crippen molar-refractivity contribution in [3.05, 3.63) is 0 Å². The van der Waals surface area contributed by atoms with Crippen LogP contribution in [0.4, 0.5) is 0 Å². The SMILES string of the molecule is CC1(OC2(C)CCCCCCC2)CCCCCCC1. The van der Waals surface area contributed by atoms with E-state index in [0.29, 0.717) is 0 Å². The number of hydrogen-bond donors (Lipinski definition) is 0. The van der Waals surface area contributed by atoms with Gasteiger partial charge in [0.05, 0.1) is 11.2 Å². The van der Waals surface area contributed by atoms with E-state index in [9.17, 15) is 0 Å². The molecular weight excluding hydrogens is 232 g/mol. The Bertz CT molecular complexity index is 216. The molecule has 0 saturated heterocycles. The molecule has 0 N–H and O–H groups in total. The second-order valence-electron chi connectivity index (χ2n) is 7.54. The van der Waals surface area contributed by atoms with Crippen LogP contribution in [0.25, 0.3) is 0 Å². The van der Waals surface area contributed by atoms with Gasteiger partial charge in [-0.25, -0.2) is 0 Å². The fourth-order valence-corrected chi connectivity index (χ4v) is 4.11. The Labute approximate surface area is 120 Å². The summed E-state index contributed by atoms with van der Waals surface area (Å²) in [4.78, 5) is 0. The lowest BCUT2D eigenvalue weighted by Gasteiger charge is -2.42. The van der Waals surface area contributed by atoms with E-state index in [2.05, 4.69) is 13.8 Å². The molecule has 2 aliphatic rings. The zero-order chi connectivity index (χ0) is 13.6. The van der Waals surface area contributed by atoms with Gasteiger partial charge < -0.3 is 4.74 Å². The molecule has 0 spiro atoms. The maximum absolute atomic E-state index is 6.78. The largest absolute Gasteiger partial charge is 0.369 e. The molecular formula is C18H34O. The Morgan fingerprint density at radius 3 is 1.05 bits per heavy atom. The summed E-state index contributed by atoms with van der Waals surface area (Å²) in [6, 6.07) is 0. The summed E-state index contributed by atoms with van der Waals surface area (Å²) >= 11 is 0. The Morgan fingerprint density at radius 1 is 0.474 bits per heavy atom. The minimum absolute atomic E-state index is 0.161. The third-order valence-electron chi connectivity index (χ3n) is 5.32. The van der Waals surface area contributed by atoms with Crippen molar-refractivity contribution < 1.29 is 4.74 Å². The van der Waals surface area contributed by atoms with Gasteiger partial charge in [0.2, 0.25) is 0 Å². The predicted molar refractivity (Wildman–Crippen MR) is 82.5 cm³/mol. The van der Waals surface area contributed by atoms with Crippen LogP contribution in [0.15, 0.2) is 0 Å². The van der Waals surface area contributed by atoms with E-state index in [0.717, 1.165) is 0 Å². The molecule has 2 aliphatic carbocycles. The van der Waals surface area contributed by atoms with E-state index in [1.54, 1.807) is 0 Å².